The lowest BCUT2D eigenvalue weighted by atomic mass is 10.4. The molecule has 0 spiro atoms. The van der Waals surface area contributed by atoms with E-state index in [0.29, 0.717) is 6.61 Å². The molecule has 6 nitrogen and oxygen atoms in total. The minimum absolute atomic E-state index is 0.136. The molecule has 0 aliphatic carbocycles. The second-order valence-corrected chi connectivity index (χ2v) is 4.23. The van der Waals surface area contributed by atoms with Gasteiger partial charge >= 0.3 is 0 Å². The van der Waals surface area contributed by atoms with Crippen molar-refractivity contribution in [2.24, 2.45) is 0 Å². The molecule has 0 saturated heterocycles. The molecule has 1 heterocycles. The average molecular weight is 257 g/mol. The molecule has 0 saturated carbocycles. The van der Waals surface area contributed by atoms with Crippen LogP contribution < -0.4 is 0 Å². The van der Waals surface area contributed by atoms with Gasteiger partial charge in [-0.1, -0.05) is 0 Å². The molecule has 1 aliphatic rings. The first-order valence-electron chi connectivity index (χ1n) is 5.91. The van der Waals surface area contributed by atoms with E-state index in [9.17, 15) is 9.59 Å². The van der Waals surface area contributed by atoms with Gasteiger partial charge in [0.15, 0.2) is 0 Å². The topological polar surface area (TPSA) is 76.1 Å². The Labute approximate surface area is 106 Å². The highest BCUT2D eigenvalue weighted by atomic mass is 16.5. The quantitative estimate of drug-likeness (QED) is 0.478. The van der Waals surface area contributed by atoms with Crippen LogP contribution in [-0.4, -0.2) is 60.4 Å². The number of ether oxygens (including phenoxy) is 2. The smallest absolute Gasteiger partial charge is 0.253 e. The highest BCUT2D eigenvalue weighted by molar-refractivity contribution is 6.12. The van der Waals surface area contributed by atoms with Gasteiger partial charge in [0.1, 0.15) is 0 Å². The Bertz CT molecular complexity index is 308. The van der Waals surface area contributed by atoms with E-state index in [2.05, 4.69) is 0 Å². The summed E-state index contributed by atoms with van der Waals surface area (Å²) in [6, 6.07) is 0. The largest absolute Gasteiger partial charge is 0.391 e. The van der Waals surface area contributed by atoms with Gasteiger partial charge in [-0.15, -0.1) is 0 Å². The van der Waals surface area contributed by atoms with Crippen molar-refractivity contribution >= 4 is 11.8 Å². The van der Waals surface area contributed by atoms with Crippen molar-refractivity contribution in [2.75, 3.05) is 26.4 Å². The Morgan fingerprint density at radius 3 is 2.39 bits per heavy atom. The Kier molecular flexibility index (Phi) is 5.97. The van der Waals surface area contributed by atoms with Crippen LogP contribution in [0.2, 0.25) is 0 Å². The molecule has 0 aromatic carbocycles. The fourth-order valence-electron chi connectivity index (χ4n) is 1.41. The van der Waals surface area contributed by atoms with Crippen molar-refractivity contribution in [3.63, 3.8) is 0 Å². The highest BCUT2D eigenvalue weighted by Crippen LogP contribution is 2.03. The molecular formula is C12H19NO5. The first-order valence-corrected chi connectivity index (χ1v) is 5.91. The Hall–Kier alpha value is -1.24. The number of hydrogen-bond donors (Lipinski definition) is 1. The summed E-state index contributed by atoms with van der Waals surface area (Å²) >= 11 is 0. The average Bonchev–Trinajstić information content (AvgIpc) is 2.63. The normalized spacial score (nSPS) is 18.5. The fraction of sp³-hybridized carbons (Fsp3) is 0.667. The van der Waals surface area contributed by atoms with Crippen LogP contribution in [0.1, 0.15) is 13.8 Å². The van der Waals surface area contributed by atoms with Crippen LogP contribution in [0.5, 0.6) is 0 Å². The summed E-state index contributed by atoms with van der Waals surface area (Å²) in [7, 11) is 0. The summed E-state index contributed by atoms with van der Waals surface area (Å²) in [4.78, 5) is 23.5. The molecule has 1 rings (SSSR count). The number of nitrogens with zero attached hydrogens (tertiary/aromatic N) is 1. The van der Waals surface area contributed by atoms with E-state index >= 15 is 0 Å². The van der Waals surface area contributed by atoms with Crippen LogP contribution in [0.3, 0.4) is 0 Å². The summed E-state index contributed by atoms with van der Waals surface area (Å²) in [6.45, 7) is 4.62. The maximum Gasteiger partial charge on any atom is 0.253 e. The molecule has 2 atom stereocenters. The van der Waals surface area contributed by atoms with Crippen molar-refractivity contribution in [3.05, 3.63) is 12.2 Å². The van der Waals surface area contributed by atoms with E-state index in [0.717, 1.165) is 4.90 Å². The lowest BCUT2D eigenvalue weighted by Crippen LogP contribution is -2.33. The summed E-state index contributed by atoms with van der Waals surface area (Å²) in [5, 5.41) is 9.02. The zero-order valence-corrected chi connectivity index (χ0v) is 10.7. The van der Waals surface area contributed by atoms with Gasteiger partial charge in [0.05, 0.1) is 38.6 Å². The van der Waals surface area contributed by atoms with Gasteiger partial charge in [-0.2, -0.15) is 0 Å². The van der Waals surface area contributed by atoms with Crippen LogP contribution in [-0.2, 0) is 19.1 Å². The van der Waals surface area contributed by atoms with Crippen molar-refractivity contribution in [2.45, 2.75) is 26.1 Å². The molecule has 6 heteroatoms. The molecule has 0 bridgehead atoms. The zero-order chi connectivity index (χ0) is 13.5. The third kappa shape index (κ3) is 4.95. The van der Waals surface area contributed by atoms with E-state index in [1.807, 2.05) is 6.92 Å². The predicted molar refractivity (Wildman–Crippen MR) is 63.8 cm³/mol. The predicted octanol–water partition coefficient (Wildman–Crippen LogP) is -0.286. The minimum Gasteiger partial charge on any atom is -0.391 e. The molecule has 1 aliphatic heterocycles. The van der Waals surface area contributed by atoms with E-state index < -0.39 is 6.10 Å². The lowest BCUT2D eigenvalue weighted by Gasteiger charge is -2.16. The molecule has 0 aromatic heterocycles. The molecule has 0 aromatic rings. The fourth-order valence-corrected chi connectivity index (χ4v) is 1.41. The van der Waals surface area contributed by atoms with Crippen LogP contribution >= 0.6 is 0 Å². The number of amides is 2. The number of aliphatic hydroxyl groups is 1. The van der Waals surface area contributed by atoms with E-state index in [4.69, 9.17) is 14.6 Å². The molecule has 18 heavy (non-hydrogen) atoms. The second kappa shape index (κ2) is 7.25. The van der Waals surface area contributed by atoms with Crippen LogP contribution in [0.4, 0.5) is 0 Å². The number of imide groups is 1. The summed E-state index contributed by atoms with van der Waals surface area (Å²) in [5.74, 6) is -0.607. The van der Waals surface area contributed by atoms with E-state index in [1.54, 1.807) is 6.92 Å². The Morgan fingerprint density at radius 2 is 1.83 bits per heavy atom. The first kappa shape index (κ1) is 14.8. The van der Waals surface area contributed by atoms with Crippen LogP contribution in [0.15, 0.2) is 12.2 Å². The monoisotopic (exact) mass is 257 g/mol. The lowest BCUT2D eigenvalue weighted by molar-refractivity contribution is -0.137. The molecule has 2 amide bonds. The van der Waals surface area contributed by atoms with Gasteiger partial charge in [0, 0.05) is 12.2 Å². The van der Waals surface area contributed by atoms with Crippen molar-refractivity contribution in [1.29, 1.82) is 0 Å². The third-order valence-corrected chi connectivity index (χ3v) is 2.33. The van der Waals surface area contributed by atoms with E-state index in [-0.39, 0.29) is 37.7 Å². The summed E-state index contributed by atoms with van der Waals surface area (Å²) < 4.78 is 10.6. The number of carbonyl (C=O) groups excluding carboxylic acids is 2. The van der Waals surface area contributed by atoms with Gasteiger partial charge < -0.3 is 14.6 Å². The number of aliphatic hydroxyl groups excluding tert-OH is 1. The van der Waals surface area contributed by atoms with Gasteiger partial charge in [0.25, 0.3) is 11.8 Å². The van der Waals surface area contributed by atoms with E-state index in [1.165, 1.54) is 12.2 Å². The first-order chi connectivity index (χ1) is 8.50. The van der Waals surface area contributed by atoms with Gasteiger partial charge in [-0.05, 0) is 13.8 Å². The standard InChI is InChI=1S/C12H19NO5/c1-9(14)7-18-10(2)8-17-6-5-13-11(15)3-4-12(13)16/h3-4,9-10,14H,5-8H2,1-2H3. The van der Waals surface area contributed by atoms with Crippen LogP contribution in [0.25, 0.3) is 0 Å². The number of hydrogen-bond acceptors (Lipinski definition) is 5. The Balaban J connectivity index is 2.08. The molecule has 0 radical (unpaired) electrons. The summed E-state index contributed by atoms with van der Waals surface area (Å²) in [5.41, 5.74) is 0. The third-order valence-electron chi connectivity index (χ3n) is 2.33. The van der Waals surface area contributed by atoms with Crippen LogP contribution in [0, 0.1) is 0 Å². The zero-order valence-electron chi connectivity index (χ0n) is 10.7. The maximum absolute atomic E-state index is 11.2. The maximum atomic E-state index is 11.2. The second-order valence-electron chi connectivity index (χ2n) is 4.23. The minimum atomic E-state index is -0.502. The number of carbonyl (C=O) groups is 2. The molecule has 2 unspecified atom stereocenters. The van der Waals surface area contributed by atoms with Gasteiger partial charge in [-0.25, -0.2) is 0 Å². The molecule has 1 N–H and O–H groups in total. The Morgan fingerprint density at radius 1 is 1.22 bits per heavy atom. The van der Waals surface area contributed by atoms with Gasteiger partial charge in [-0.3, -0.25) is 14.5 Å². The summed E-state index contributed by atoms with van der Waals surface area (Å²) in [6.07, 6.45) is 1.86. The SMILES string of the molecule is CC(O)COC(C)COCCN1C(=O)C=CC1=O. The van der Waals surface area contributed by atoms with Crippen molar-refractivity contribution in [3.8, 4) is 0 Å². The molecular weight excluding hydrogens is 238 g/mol. The highest BCUT2D eigenvalue weighted by Gasteiger charge is 2.22. The van der Waals surface area contributed by atoms with Crippen molar-refractivity contribution < 1.29 is 24.2 Å². The van der Waals surface area contributed by atoms with Crippen molar-refractivity contribution in [1.82, 2.24) is 4.90 Å². The number of rotatable bonds is 8. The molecule has 0 fully saturated rings. The molecule has 102 valence electrons. The van der Waals surface area contributed by atoms with Gasteiger partial charge in [0.2, 0.25) is 0 Å².